The van der Waals surface area contributed by atoms with Gasteiger partial charge in [0.2, 0.25) is 0 Å². The first-order valence-corrected chi connectivity index (χ1v) is 7.86. The van der Waals surface area contributed by atoms with Gasteiger partial charge in [0.15, 0.2) is 11.6 Å². The first-order valence-electron chi connectivity index (χ1n) is 7.86. The smallest absolute Gasteiger partial charge is 0.403 e. The molecular formula is C19H14F6O. The van der Waals surface area contributed by atoms with Crippen molar-refractivity contribution in [3.05, 3.63) is 70.5 Å². The Labute approximate surface area is 145 Å². The van der Waals surface area contributed by atoms with Gasteiger partial charge in [-0.3, -0.25) is 0 Å². The summed E-state index contributed by atoms with van der Waals surface area (Å²) in [4.78, 5) is 0. The topological polar surface area (TPSA) is 9.23 Å². The Balaban J connectivity index is 1.91. The molecule has 138 valence electrons. The van der Waals surface area contributed by atoms with Crippen LogP contribution in [0.1, 0.15) is 34.6 Å². The van der Waals surface area contributed by atoms with Crippen molar-refractivity contribution in [2.24, 2.45) is 0 Å². The fourth-order valence-electron chi connectivity index (χ4n) is 3.32. The highest BCUT2D eigenvalue weighted by Crippen LogP contribution is 2.38. The summed E-state index contributed by atoms with van der Waals surface area (Å²) in [5.41, 5.74) is 1.10. The fraction of sp³-hybridized carbons (Fsp3) is 0.263. The van der Waals surface area contributed by atoms with Crippen LogP contribution in [0.2, 0.25) is 0 Å². The molecule has 0 heterocycles. The molecule has 0 aromatic heterocycles. The fourth-order valence-corrected chi connectivity index (χ4v) is 3.32. The molecule has 3 rings (SSSR count). The number of alkyl halides is 3. The molecule has 2 aromatic rings. The van der Waals surface area contributed by atoms with Gasteiger partial charge in [0.25, 0.3) is 0 Å². The molecule has 1 aliphatic carbocycles. The van der Waals surface area contributed by atoms with Crippen molar-refractivity contribution in [1.82, 2.24) is 0 Å². The summed E-state index contributed by atoms with van der Waals surface area (Å²) in [5, 5.41) is 0. The first-order chi connectivity index (χ1) is 12.2. The van der Waals surface area contributed by atoms with Gasteiger partial charge >= 0.3 is 6.36 Å². The minimum Gasteiger partial charge on any atom is -0.403 e. The van der Waals surface area contributed by atoms with Gasteiger partial charge in [-0.1, -0.05) is 12.7 Å². The highest BCUT2D eigenvalue weighted by atomic mass is 19.4. The lowest BCUT2D eigenvalue weighted by Gasteiger charge is -2.26. The number of ether oxygens (including phenoxy) is 1. The molecule has 0 saturated heterocycles. The van der Waals surface area contributed by atoms with E-state index in [1.807, 2.05) is 0 Å². The number of benzene rings is 2. The Morgan fingerprint density at radius 2 is 1.62 bits per heavy atom. The SMILES string of the molecule is C=Cc1cc(F)c(C2CCc3cc(OC(F)(F)F)c(F)cc3C2)c(F)c1. The number of rotatable bonds is 3. The monoisotopic (exact) mass is 372 g/mol. The van der Waals surface area contributed by atoms with Crippen molar-refractivity contribution in [3.63, 3.8) is 0 Å². The molecule has 1 atom stereocenters. The molecule has 0 aliphatic heterocycles. The summed E-state index contributed by atoms with van der Waals surface area (Å²) in [7, 11) is 0. The van der Waals surface area contributed by atoms with Crippen LogP contribution in [-0.2, 0) is 12.8 Å². The van der Waals surface area contributed by atoms with E-state index in [4.69, 9.17) is 0 Å². The summed E-state index contributed by atoms with van der Waals surface area (Å²) < 4.78 is 83.1. The molecule has 1 nitrogen and oxygen atoms in total. The lowest BCUT2D eigenvalue weighted by Crippen LogP contribution is -2.20. The van der Waals surface area contributed by atoms with Crippen molar-refractivity contribution >= 4 is 6.08 Å². The molecule has 26 heavy (non-hydrogen) atoms. The second-order valence-electron chi connectivity index (χ2n) is 6.14. The van der Waals surface area contributed by atoms with Gasteiger partial charge < -0.3 is 4.74 Å². The number of halogens is 6. The van der Waals surface area contributed by atoms with Crippen molar-refractivity contribution in [2.75, 3.05) is 0 Å². The highest BCUT2D eigenvalue weighted by molar-refractivity contribution is 5.49. The van der Waals surface area contributed by atoms with Gasteiger partial charge in [-0.05, 0) is 66.1 Å². The summed E-state index contributed by atoms with van der Waals surface area (Å²) >= 11 is 0. The molecule has 1 aliphatic rings. The lowest BCUT2D eigenvalue weighted by atomic mass is 9.79. The van der Waals surface area contributed by atoms with Crippen LogP contribution < -0.4 is 4.74 Å². The maximum absolute atomic E-state index is 14.3. The number of fused-ring (bicyclic) bond motifs is 1. The van der Waals surface area contributed by atoms with Crippen molar-refractivity contribution in [3.8, 4) is 5.75 Å². The molecule has 1 unspecified atom stereocenters. The average molecular weight is 372 g/mol. The van der Waals surface area contributed by atoms with Crippen LogP contribution in [0.15, 0.2) is 30.8 Å². The lowest BCUT2D eigenvalue weighted by molar-refractivity contribution is -0.275. The molecule has 0 saturated carbocycles. The zero-order valence-electron chi connectivity index (χ0n) is 13.5. The van der Waals surface area contributed by atoms with Crippen LogP contribution in [0.3, 0.4) is 0 Å². The molecule has 2 aromatic carbocycles. The Kier molecular flexibility index (Phi) is 4.73. The first kappa shape index (κ1) is 18.4. The van der Waals surface area contributed by atoms with Crippen LogP contribution in [0.4, 0.5) is 26.3 Å². The number of hydrogen-bond donors (Lipinski definition) is 0. The highest BCUT2D eigenvalue weighted by Gasteiger charge is 2.33. The minimum absolute atomic E-state index is 0.0997. The van der Waals surface area contributed by atoms with E-state index in [-0.39, 0.29) is 18.4 Å². The van der Waals surface area contributed by atoms with Crippen molar-refractivity contribution in [2.45, 2.75) is 31.5 Å². The molecule has 0 amide bonds. The molecular weight excluding hydrogens is 358 g/mol. The standard InChI is InChI=1S/C19H14F6O/c1-2-10-5-15(21)18(16(22)6-10)12-4-3-11-9-17(26-19(23,24)25)14(20)8-13(11)7-12/h2,5-6,8-9,12H,1,3-4,7H2. The van der Waals surface area contributed by atoms with Crippen molar-refractivity contribution in [1.29, 1.82) is 0 Å². The summed E-state index contributed by atoms with van der Waals surface area (Å²) in [6, 6.07) is 4.28. The maximum Gasteiger partial charge on any atom is 0.573 e. The predicted octanol–water partition coefficient (Wildman–Crippen LogP) is 5.92. The van der Waals surface area contributed by atoms with E-state index in [0.29, 0.717) is 23.1 Å². The van der Waals surface area contributed by atoms with Gasteiger partial charge in [-0.15, -0.1) is 13.2 Å². The van der Waals surface area contributed by atoms with Gasteiger partial charge in [-0.25, -0.2) is 13.2 Å². The quantitative estimate of drug-likeness (QED) is 0.608. The zero-order chi connectivity index (χ0) is 19.1. The summed E-state index contributed by atoms with van der Waals surface area (Å²) in [5.74, 6) is -4.03. The third-order valence-corrected chi connectivity index (χ3v) is 4.45. The van der Waals surface area contributed by atoms with E-state index in [1.165, 1.54) is 18.2 Å². The second kappa shape index (κ2) is 6.70. The van der Waals surface area contributed by atoms with Gasteiger partial charge in [0, 0.05) is 5.56 Å². The van der Waals surface area contributed by atoms with Crippen LogP contribution in [0.5, 0.6) is 5.75 Å². The van der Waals surface area contributed by atoms with Crippen molar-refractivity contribution < 1.29 is 31.1 Å². The van der Waals surface area contributed by atoms with Gasteiger partial charge in [0.1, 0.15) is 11.6 Å². The van der Waals surface area contributed by atoms with E-state index in [1.54, 1.807) is 0 Å². The zero-order valence-corrected chi connectivity index (χ0v) is 13.5. The molecule has 0 fully saturated rings. The number of hydrogen-bond acceptors (Lipinski definition) is 1. The van der Waals surface area contributed by atoms with Crippen LogP contribution >= 0.6 is 0 Å². The van der Waals surface area contributed by atoms with Gasteiger partial charge in [0.05, 0.1) is 0 Å². The van der Waals surface area contributed by atoms with E-state index >= 15 is 0 Å². The predicted molar refractivity (Wildman–Crippen MR) is 84.3 cm³/mol. The van der Waals surface area contributed by atoms with Crippen LogP contribution in [0.25, 0.3) is 6.08 Å². The van der Waals surface area contributed by atoms with E-state index in [9.17, 15) is 26.3 Å². The minimum atomic E-state index is -4.99. The molecule has 7 heteroatoms. The average Bonchev–Trinajstić information content (AvgIpc) is 2.53. The third-order valence-electron chi connectivity index (χ3n) is 4.45. The second-order valence-corrected chi connectivity index (χ2v) is 6.14. The van der Waals surface area contributed by atoms with E-state index in [2.05, 4.69) is 11.3 Å². The normalized spacial score (nSPS) is 16.9. The summed E-state index contributed by atoms with van der Waals surface area (Å²) in [6.07, 6.45) is -2.96. The Morgan fingerprint density at radius 3 is 2.19 bits per heavy atom. The summed E-state index contributed by atoms with van der Waals surface area (Å²) in [6.45, 7) is 3.46. The molecule has 0 spiro atoms. The van der Waals surface area contributed by atoms with E-state index in [0.717, 1.165) is 12.1 Å². The Bertz CT molecular complexity index is 833. The Hall–Kier alpha value is -2.44. The molecule has 0 N–H and O–H groups in total. The van der Waals surface area contributed by atoms with E-state index < -0.39 is 35.5 Å². The molecule has 0 radical (unpaired) electrons. The van der Waals surface area contributed by atoms with Crippen LogP contribution in [-0.4, -0.2) is 6.36 Å². The van der Waals surface area contributed by atoms with Gasteiger partial charge in [-0.2, -0.15) is 0 Å². The Morgan fingerprint density at radius 1 is 0.962 bits per heavy atom. The third kappa shape index (κ3) is 3.71. The largest absolute Gasteiger partial charge is 0.573 e. The molecule has 0 bridgehead atoms. The van der Waals surface area contributed by atoms with Crippen LogP contribution in [0, 0.1) is 17.5 Å². The number of aryl methyl sites for hydroxylation is 1. The maximum atomic E-state index is 14.3.